The summed E-state index contributed by atoms with van der Waals surface area (Å²) in [6, 6.07) is 17.1. The zero-order valence-electron chi connectivity index (χ0n) is 15.9. The minimum absolute atomic E-state index is 0.231. The van der Waals surface area contributed by atoms with Crippen molar-refractivity contribution >= 4 is 41.1 Å². The summed E-state index contributed by atoms with van der Waals surface area (Å²) in [6.45, 7) is 0.280. The summed E-state index contributed by atoms with van der Waals surface area (Å²) in [5.74, 6) is 0.153. The van der Waals surface area contributed by atoms with Crippen molar-refractivity contribution in [3.8, 4) is 11.5 Å². The van der Waals surface area contributed by atoms with Gasteiger partial charge in [-0.1, -0.05) is 35.3 Å². The summed E-state index contributed by atoms with van der Waals surface area (Å²) < 4.78 is 11.2. The number of hydrogen-bond acceptors (Lipinski definition) is 5. The number of anilines is 1. The highest BCUT2D eigenvalue weighted by atomic mass is 35.5. The highest BCUT2D eigenvalue weighted by molar-refractivity contribution is 6.42. The molecule has 0 spiro atoms. The van der Waals surface area contributed by atoms with Crippen LogP contribution in [0.2, 0.25) is 10.0 Å². The van der Waals surface area contributed by atoms with Gasteiger partial charge in [-0.05, 0) is 59.7 Å². The van der Waals surface area contributed by atoms with Gasteiger partial charge in [0.15, 0.2) is 11.5 Å². The molecule has 0 aliphatic carbocycles. The second-order valence-corrected chi connectivity index (χ2v) is 7.01. The van der Waals surface area contributed by atoms with Gasteiger partial charge in [0.2, 0.25) is 0 Å². The van der Waals surface area contributed by atoms with Crippen LogP contribution >= 0.6 is 23.2 Å². The maximum atomic E-state index is 10.9. The summed E-state index contributed by atoms with van der Waals surface area (Å²) in [6.07, 6.45) is 1.64. The molecule has 0 aliphatic heterocycles. The highest BCUT2D eigenvalue weighted by Gasteiger charge is 2.07. The summed E-state index contributed by atoms with van der Waals surface area (Å²) in [7, 11) is 1.55. The van der Waals surface area contributed by atoms with E-state index in [4.69, 9.17) is 37.8 Å². The first-order chi connectivity index (χ1) is 14.5. The van der Waals surface area contributed by atoms with Crippen molar-refractivity contribution in [3.05, 3.63) is 87.4 Å². The van der Waals surface area contributed by atoms with Gasteiger partial charge in [0, 0.05) is 0 Å². The molecule has 0 radical (unpaired) electrons. The predicted octanol–water partition coefficient (Wildman–Crippen LogP) is 5.73. The molecule has 0 saturated heterocycles. The molecule has 0 saturated carbocycles. The zero-order chi connectivity index (χ0) is 21.5. The standard InChI is InChI=1S/C22H18Cl2N2O4/c1-29-21-10-15(12-25-26-17-7-8-18(23)19(24)11-17)4-9-20(21)30-13-14-2-5-16(6-3-14)22(27)28/h2-12,26H,13H2,1H3,(H,27,28)/b25-12+. The maximum Gasteiger partial charge on any atom is 0.335 e. The number of aromatic carboxylic acids is 1. The van der Waals surface area contributed by atoms with E-state index in [1.807, 2.05) is 6.07 Å². The molecule has 0 aliphatic rings. The molecule has 3 aromatic rings. The lowest BCUT2D eigenvalue weighted by Crippen LogP contribution is -2.00. The Morgan fingerprint density at radius 1 is 1.03 bits per heavy atom. The number of methoxy groups -OCH3 is 1. The molecule has 8 heteroatoms. The van der Waals surface area contributed by atoms with Crippen LogP contribution in [0.15, 0.2) is 65.8 Å². The molecule has 154 valence electrons. The topological polar surface area (TPSA) is 80.1 Å². The fraction of sp³-hybridized carbons (Fsp3) is 0.0909. The predicted molar refractivity (Wildman–Crippen MR) is 118 cm³/mol. The fourth-order valence-electron chi connectivity index (χ4n) is 2.54. The smallest absolute Gasteiger partial charge is 0.335 e. The number of hydrazone groups is 1. The number of nitrogens with one attached hydrogen (secondary N) is 1. The normalized spacial score (nSPS) is 10.8. The second kappa shape index (κ2) is 10.0. The van der Waals surface area contributed by atoms with E-state index in [1.165, 1.54) is 0 Å². The van der Waals surface area contributed by atoms with E-state index in [1.54, 1.807) is 67.9 Å². The van der Waals surface area contributed by atoms with E-state index < -0.39 is 5.97 Å². The summed E-state index contributed by atoms with van der Waals surface area (Å²) >= 11 is 11.9. The largest absolute Gasteiger partial charge is 0.493 e. The van der Waals surface area contributed by atoms with E-state index >= 15 is 0 Å². The Labute approximate surface area is 183 Å². The van der Waals surface area contributed by atoms with Gasteiger partial charge in [-0.15, -0.1) is 0 Å². The molecule has 30 heavy (non-hydrogen) atoms. The number of ether oxygens (including phenoxy) is 2. The Balaban J connectivity index is 1.63. The van der Waals surface area contributed by atoms with Gasteiger partial charge in [-0.25, -0.2) is 4.79 Å². The number of carbonyl (C=O) groups is 1. The van der Waals surface area contributed by atoms with Crippen LogP contribution in [0.5, 0.6) is 11.5 Å². The quantitative estimate of drug-likeness (QED) is 0.342. The van der Waals surface area contributed by atoms with Gasteiger partial charge in [0.05, 0.1) is 34.6 Å². The molecule has 6 nitrogen and oxygen atoms in total. The van der Waals surface area contributed by atoms with Crippen molar-refractivity contribution in [1.29, 1.82) is 0 Å². The Morgan fingerprint density at radius 2 is 1.80 bits per heavy atom. The van der Waals surface area contributed by atoms with Crippen LogP contribution in [0, 0.1) is 0 Å². The van der Waals surface area contributed by atoms with Crippen LogP contribution < -0.4 is 14.9 Å². The lowest BCUT2D eigenvalue weighted by atomic mass is 10.1. The lowest BCUT2D eigenvalue weighted by molar-refractivity contribution is 0.0697. The van der Waals surface area contributed by atoms with Crippen LogP contribution in [0.4, 0.5) is 5.69 Å². The first kappa shape index (κ1) is 21.5. The number of benzene rings is 3. The Hall–Kier alpha value is -3.22. The number of carboxylic acid groups (broad SMARTS) is 1. The molecule has 0 amide bonds. The third kappa shape index (κ3) is 5.65. The van der Waals surface area contributed by atoms with Crippen molar-refractivity contribution in [3.63, 3.8) is 0 Å². The van der Waals surface area contributed by atoms with Gasteiger partial charge in [-0.2, -0.15) is 5.10 Å². The summed E-state index contributed by atoms with van der Waals surface area (Å²) in [5.41, 5.74) is 5.47. The second-order valence-electron chi connectivity index (χ2n) is 6.20. The van der Waals surface area contributed by atoms with Crippen molar-refractivity contribution in [2.45, 2.75) is 6.61 Å². The molecule has 3 aromatic carbocycles. The third-order valence-corrected chi connectivity index (χ3v) is 4.85. The lowest BCUT2D eigenvalue weighted by Gasteiger charge is -2.11. The Morgan fingerprint density at radius 3 is 2.47 bits per heavy atom. The number of rotatable bonds is 8. The third-order valence-electron chi connectivity index (χ3n) is 4.11. The monoisotopic (exact) mass is 444 g/mol. The van der Waals surface area contributed by atoms with E-state index in [9.17, 15) is 4.79 Å². The molecule has 0 unspecified atom stereocenters. The van der Waals surface area contributed by atoms with Gasteiger partial charge < -0.3 is 14.6 Å². The van der Waals surface area contributed by atoms with Crippen LogP contribution in [0.25, 0.3) is 0 Å². The Kier molecular flexibility index (Phi) is 7.17. The average Bonchev–Trinajstić information content (AvgIpc) is 2.75. The zero-order valence-corrected chi connectivity index (χ0v) is 17.4. The van der Waals surface area contributed by atoms with E-state index in [-0.39, 0.29) is 12.2 Å². The fourth-order valence-corrected chi connectivity index (χ4v) is 2.83. The van der Waals surface area contributed by atoms with Gasteiger partial charge in [0.1, 0.15) is 6.61 Å². The van der Waals surface area contributed by atoms with Crippen LogP contribution in [-0.4, -0.2) is 24.4 Å². The number of hydrogen-bond donors (Lipinski definition) is 2. The van der Waals surface area contributed by atoms with Gasteiger partial charge in [-0.3, -0.25) is 5.43 Å². The average molecular weight is 445 g/mol. The SMILES string of the molecule is COc1cc(/C=N/Nc2ccc(Cl)c(Cl)c2)ccc1OCc1ccc(C(=O)O)cc1. The number of halogens is 2. The molecular formula is C22H18Cl2N2O4. The van der Waals surface area contributed by atoms with E-state index in [2.05, 4.69) is 10.5 Å². The van der Waals surface area contributed by atoms with Crippen molar-refractivity contribution in [2.75, 3.05) is 12.5 Å². The first-order valence-electron chi connectivity index (χ1n) is 8.83. The van der Waals surface area contributed by atoms with Crippen molar-refractivity contribution in [1.82, 2.24) is 0 Å². The van der Waals surface area contributed by atoms with Crippen LogP contribution in [-0.2, 0) is 6.61 Å². The summed E-state index contributed by atoms with van der Waals surface area (Å²) in [4.78, 5) is 10.9. The highest BCUT2D eigenvalue weighted by Crippen LogP contribution is 2.29. The molecule has 0 bridgehead atoms. The molecule has 0 atom stereocenters. The minimum atomic E-state index is -0.963. The molecule has 3 rings (SSSR count). The first-order valence-corrected chi connectivity index (χ1v) is 9.59. The van der Waals surface area contributed by atoms with Crippen LogP contribution in [0.3, 0.4) is 0 Å². The number of nitrogens with zero attached hydrogens (tertiary/aromatic N) is 1. The Bertz CT molecular complexity index is 1070. The van der Waals surface area contributed by atoms with E-state index in [0.717, 1.165) is 11.1 Å². The molecule has 0 fully saturated rings. The minimum Gasteiger partial charge on any atom is -0.493 e. The van der Waals surface area contributed by atoms with Crippen molar-refractivity contribution in [2.24, 2.45) is 5.10 Å². The summed E-state index contributed by atoms with van der Waals surface area (Å²) in [5, 5.41) is 14.1. The van der Waals surface area contributed by atoms with Gasteiger partial charge in [0.25, 0.3) is 0 Å². The van der Waals surface area contributed by atoms with E-state index in [0.29, 0.717) is 27.2 Å². The van der Waals surface area contributed by atoms with Gasteiger partial charge >= 0.3 is 5.97 Å². The van der Waals surface area contributed by atoms with Crippen molar-refractivity contribution < 1.29 is 19.4 Å². The molecule has 0 heterocycles. The molecule has 2 N–H and O–H groups in total. The number of carboxylic acids is 1. The van der Waals surface area contributed by atoms with Crippen LogP contribution in [0.1, 0.15) is 21.5 Å². The molecule has 0 aromatic heterocycles. The maximum absolute atomic E-state index is 10.9. The molecular weight excluding hydrogens is 427 g/mol.